The van der Waals surface area contributed by atoms with Gasteiger partial charge in [0.1, 0.15) is 10.8 Å². The van der Waals surface area contributed by atoms with Crippen molar-refractivity contribution in [3.63, 3.8) is 0 Å². The fourth-order valence-corrected chi connectivity index (χ4v) is 3.09. The van der Waals surface area contributed by atoms with Gasteiger partial charge in [-0.05, 0) is 35.1 Å². The van der Waals surface area contributed by atoms with Crippen LogP contribution < -0.4 is 10.6 Å². The van der Waals surface area contributed by atoms with Crippen molar-refractivity contribution in [2.45, 2.75) is 13.8 Å². The first-order chi connectivity index (χ1) is 10.1. The lowest BCUT2D eigenvalue weighted by molar-refractivity contribution is 0.204. The Bertz CT molecular complexity index is 556. The molecule has 0 atom stereocenters. The number of ether oxygens (including phenoxy) is 1. The van der Waals surface area contributed by atoms with E-state index in [1.807, 2.05) is 12.1 Å². The second-order valence-corrected chi connectivity index (χ2v) is 6.07. The zero-order chi connectivity index (χ0) is 15.2. The summed E-state index contributed by atoms with van der Waals surface area (Å²) in [6.45, 7) is 6.87. The van der Waals surface area contributed by atoms with Gasteiger partial charge >= 0.3 is 0 Å². The molecule has 114 valence electrons. The van der Waals surface area contributed by atoms with Crippen LogP contribution in [0, 0.1) is 5.92 Å². The zero-order valence-corrected chi connectivity index (χ0v) is 13.6. The minimum absolute atomic E-state index is 0.551. The van der Waals surface area contributed by atoms with E-state index in [1.54, 1.807) is 19.5 Å². The van der Waals surface area contributed by atoms with Gasteiger partial charge in [-0.2, -0.15) is 4.37 Å². The Kier molecular flexibility index (Phi) is 5.52. The predicted molar refractivity (Wildman–Crippen MR) is 88.7 cm³/mol. The van der Waals surface area contributed by atoms with Crippen molar-refractivity contribution < 1.29 is 4.74 Å². The molecule has 6 heteroatoms. The van der Waals surface area contributed by atoms with Crippen LogP contribution in [-0.2, 0) is 4.74 Å². The summed E-state index contributed by atoms with van der Waals surface area (Å²) < 4.78 is 9.57. The molecule has 2 rings (SSSR count). The molecular formula is C15H22N4OS. The Morgan fingerprint density at radius 1 is 1.33 bits per heavy atom. The smallest absolute Gasteiger partial charge is 0.147 e. The van der Waals surface area contributed by atoms with Gasteiger partial charge in [-0.15, -0.1) is 0 Å². The van der Waals surface area contributed by atoms with Gasteiger partial charge in [0.2, 0.25) is 0 Å². The molecule has 0 fully saturated rings. The van der Waals surface area contributed by atoms with Crippen molar-refractivity contribution >= 4 is 22.4 Å². The molecule has 21 heavy (non-hydrogen) atoms. The third-order valence-corrected chi connectivity index (χ3v) is 4.03. The van der Waals surface area contributed by atoms with Crippen LogP contribution in [0.4, 0.5) is 10.8 Å². The molecular weight excluding hydrogens is 284 g/mol. The molecule has 0 unspecified atom stereocenters. The number of methoxy groups -OCH3 is 1. The number of nitrogens with two attached hydrogens (primary N) is 1. The van der Waals surface area contributed by atoms with Crippen molar-refractivity contribution in [1.29, 1.82) is 0 Å². The van der Waals surface area contributed by atoms with E-state index >= 15 is 0 Å². The summed E-state index contributed by atoms with van der Waals surface area (Å²) in [4.78, 5) is 6.37. The van der Waals surface area contributed by atoms with Gasteiger partial charge in [0, 0.05) is 32.6 Å². The molecule has 2 N–H and O–H groups in total. The van der Waals surface area contributed by atoms with E-state index in [-0.39, 0.29) is 0 Å². The van der Waals surface area contributed by atoms with E-state index in [2.05, 4.69) is 28.1 Å². The minimum Gasteiger partial charge on any atom is -0.383 e. The van der Waals surface area contributed by atoms with Crippen LogP contribution in [0.5, 0.6) is 0 Å². The van der Waals surface area contributed by atoms with E-state index in [0.717, 1.165) is 29.2 Å². The van der Waals surface area contributed by atoms with Crippen LogP contribution in [0.1, 0.15) is 13.8 Å². The molecule has 2 aromatic heterocycles. The number of nitrogens with zero attached hydrogens (tertiary/aromatic N) is 3. The number of hydrogen-bond donors (Lipinski definition) is 1. The fourth-order valence-electron chi connectivity index (χ4n) is 2.22. The highest BCUT2D eigenvalue weighted by molar-refractivity contribution is 7.11. The molecule has 5 nitrogen and oxygen atoms in total. The van der Waals surface area contributed by atoms with Crippen molar-refractivity contribution in [2.75, 3.05) is 37.4 Å². The summed E-state index contributed by atoms with van der Waals surface area (Å²) in [5.41, 5.74) is 8.14. The van der Waals surface area contributed by atoms with E-state index in [9.17, 15) is 0 Å². The average Bonchev–Trinajstić information content (AvgIpc) is 2.85. The molecule has 0 aliphatic heterocycles. The topological polar surface area (TPSA) is 64.3 Å². The molecule has 0 bridgehead atoms. The van der Waals surface area contributed by atoms with Crippen molar-refractivity contribution in [3.05, 3.63) is 24.5 Å². The Morgan fingerprint density at radius 3 is 2.67 bits per heavy atom. The molecule has 0 saturated heterocycles. The second-order valence-electron chi connectivity index (χ2n) is 5.32. The van der Waals surface area contributed by atoms with Crippen LogP contribution in [0.3, 0.4) is 0 Å². The van der Waals surface area contributed by atoms with E-state index in [1.165, 1.54) is 11.5 Å². The largest absolute Gasteiger partial charge is 0.383 e. The van der Waals surface area contributed by atoms with Gasteiger partial charge < -0.3 is 15.4 Å². The highest BCUT2D eigenvalue weighted by atomic mass is 32.1. The normalized spacial score (nSPS) is 11.0. The van der Waals surface area contributed by atoms with Crippen LogP contribution in [0.25, 0.3) is 11.1 Å². The van der Waals surface area contributed by atoms with Crippen LogP contribution in [-0.4, -0.2) is 36.2 Å². The quantitative estimate of drug-likeness (QED) is 0.852. The summed E-state index contributed by atoms with van der Waals surface area (Å²) >= 11 is 1.45. The van der Waals surface area contributed by atoms with Crippen LogP contribution in [0.2, 0.25) is 0 Å². The lowest BCUT2D eigenvalue weighted by Crippen LogP contribution is -2.30. The van der Waals surface area contributed by atoms with Crippen molar-refractivity contribution in [3.8, 4) is 11.1 Å². The Hall–Kier alpha value is -1.66. The first-order valence-corrected chi connectivity index (χ1v) is 7.80. The highest BCUT2D eigenvalue weighted by Gasteiger charge is 2.19. The molecule has 0 saturated carbocycles. The number of aromatic nitrogens is 2. The van der Waals surface area contributed by atoms with Gasteiger partial charge in [-0.25, -0.2) is 0 Å². The second kappa shape index (κ2) is 7.38. The van der Waals surface area contributed by atoms with Gasteiger partial charge in [0.15, 0.2) is 0 Å². The van der Waals surface area contributed by atoms with Gasteiger partial charge in [0.25, 0.3) is 0 Å². The summed E-state index contributed by atoms with van der Waals surface area (Å²) in [5, 5.41) is 1.10. The maximum atomic E-state index is 6.09. The number of anilines is 2. The number of hydrogen-bond acceptors (Lipinski definition) is 6. The minimum atomic E-state index is 0.551. The molecule has 0 radical (unpaired) electrons. The highest BCUT2D eigenvalue weighted by Crippen LogP contribution is 2.39. The molecule has 0 aliphatic carbocycles. The fraction of sp³-hybridized carbons (Fsp3) is 0.467. The van der Waals surface area contributed by atoms with E-state index < -0.39 is 0 Å². The third-order valence-electron chi connectivity index (χ3n) is 3.11. The molecule has 0 aromatic carbocycles. The summed E-state index contributed by atoms with van der Waals surface area (Å²) in [6, 6.07) is 3.93. The maximum absolute atomic E-state index is 6.09. The van der Waals surface area contributed by atoms with Crippen LogP contribution in [0.15, 0.2) is 24.5 Å². The monoisotopic (exact) mass is 306 g/mol. The first kappa shape index (κ1) is 15.7. The van der Waals surface area contributed by atoms with Crippen molar-refractivity contribution in [2.24, 2.45) is 5.92 Å². The van der Waals surface area contributed by atoms with Gasteiger partial charge in [-0.3, -0.25) is 4.98 Å². The Balaban J connectivity index is 2.37. The van der Waals surface area contributed by atoms with Gasteiger partial charge in [0.05, 0.1) is 12.2 Å². The first-order valence-electron chi connectivity index (χ1n) is 7.03. The summed E-state index contributed by atoms with van der Waals surface area (Å²) in [6.07, 6.45) is 3.55. The molecule has 2 heterocycles. The predicted octanol–water partition coefficient (Wildman–Crippen LogP) is 2.90. The number of pyridine rings is 1. The summed E-state index contributed by atoms with van der Waals surface area (Å²) in [7, 11) is 1.72. The zero-order valence-electron chi connectivity index (χ0n) is 12.7. The molecule has 0 spiro atoms. The van der Waals surface area contributed by atoms with Crippen LogP contribution >= 0.6 is 11.5 Å². The Labute approximate surface area is 129 Å². The van der Waals surface area contributed by atoms with Gasteiger partial charge in [-0.1, -0.05) is 13.8 Å². The average molecular weight is 306 g/mol. The molecule has 0 amide bonds. The standard InChI is InChI=1S/C15H22N4OS/c1-11(2)10-19(8-9-20-3)15-13(14(16)18-21-15)12-4-6-17-7-5-12/h4-7,11H,8-10H2,1-3H3,(H2,16,18). The molecule has 2 aromatic rings. The SMILES string of the molecule is COCCN(CC(C)C)c1snc(N)c1-c1ccncc1. The third kappa shape index (κ3) is 3.92. The number of nitrogen functional groups attached to an aromatic ring is 1. The number of rotatable bonds is 7. The summed E-state index contributed by atoms with van der Waals surface area (Å²) in [5.74, 6) is 1.13. The Morgan fingerprint density at radius 2 is 2.05 bits per heavy atom. The lowest BCUT2D eigenvalue weighted by atomic mass is 10.1. The van der Waals surface area contributed by atoms with E-state index in [4.69, 9.17) is 10.5 Å². The van der Waals surface area contributed by atoms with E-state index in [0.29, 0.717) is 18.3 Å². The molecule has 0 aliphatic rings. The van der Waals surface area contributed by atoms with Crippen molar-refractivity contribution in [1.82, 2.24) is 9.36 Å². The lowest BCUT2D eigenvalue weighted by Gasteiger charge is -2.25. The maximum Gasteiger partial charge on any atom is 0.147 e.